The van der Waals surface area contributed by atoms with Gasteiger partial charge >= 0.3 is 5.97 Å². The lowest BCUT2D eigenvalue weighted by molar-refractivity contribution is -0.133. The second kappa shape index (κ2) is 10.4. The number of carbonyl (C=O) groups is 4. The van der Waals surface area contributed by atoms with Crippen LogP contribution in [-0.2, 0) is 25.7 Å². The quantitative estimate of drug-likeness (QED) is 0.632. The maximum Gasteiger partial charge on any atom is 0.338 e. The van der Waals surface area contributed by atoms with E-state index >= 15 is 0 Å². The van der Waals surface area contributed by atoms with Crippen molar-refractivity contribution in [2.24, 2.45) is 0 Å². The number of carbonyl (C=O) groups excluding carboxylic acids is 4. The van der Waals surface area contributed by atoms with E-state index < -0.39 is 12.6 Å². The third-order valence-electron chi connectivity index (χ3n) is 4.82. The number of rotatable bonds is 8. The highest BCUT2D eigenvalue weighted by atomic mass is 16.5. The molecule has 1 aliphatic rings. The predicted octanol–water partition coefficient (Wildman–Crippen LogP) is 2.06. The molecule has 0 bridgehead atoms. The Hall–Kier alpha value is -3.88. The summed E-state index contributed by atoms with van der Waals surface area (Å²) in [6, 6.07) is 13.4. The van der Waals surface area contributed by atoms with Gasteiger partial charge in [0.05, 0.1) is 17.9 Å². The summed E-state index contributed by atoms with van der Waals surface area (Å²) in [5.74, 6) is -0.724. The molecule has 1 N–H and O–H groups in total. The van der Waals surface area contributed by atoms with E-state index in [1.165, 1.54) is 29.2 Å². The number of benzene rings is 2. The molecule has 2 aromatic carbocycles. The summed E-state index contributed by atoms with van der Waals surface area (Å²) in [5, 5.41) is 1.15. The highest BCUT2D eigenvalue weighted by Crippen LogP contribution is 2.18. The Bertz CT molecular complexity index is 988. The molecule has 3 amide bonds. The summed E-state index contributed by atoms with van der Waals surface area (Å²) in [4.78, 5) is 49.5. The number of esters is 1. The molecule has 9 heteroatoms. The average Bonchev–Trinajstić information content (AvgIpc) is 2.80. The average molecular weight is 439 g/mol. The Morgan fingerprint density at radius 3 is 2.38 bits per heavy atom. The van der Waals surface area contributed by atoms with Gasteiger partial charge in [-0.3, -0.25) is 19.8 Å². The van der Waals surface area contributed by atoms with E-state index in [1.54, 1.807) is 7.05 Å². The lowest BCUT2D eigenvalue weighted by atomic mass is 10.2. The standard InChI is InChI=1S/C23H25N3O6/c1-3-31-19-10-4-16(5-11-19)14-25(2)22(29)15-32-23(30)17-6-8-18(9-7-17)26-21(28)13-12-20(27)24-26/h4-11H,3,12-15H2,1-2H3,(H,24,27). The summed E-state index contributed by atoms with van der Waals surface area (Å²) in [7, 11) is 1.63. The number of hydrogen-bond donors (Lipinski definition) is 1. The van der Waals surface area contributed by atoms with E-state index in [0.29, 0.717) is 18.8 Å². The van der Waals surface area contributed by atoms with Gasteiger partial charge in [0.2, 0.25) is 11.8 Å². The van der Waals surface area contributed by atoms with Crippen molar-refractivity contribution < 1.29 is 28.7 Å². The van der Waals surface area contributed by atoms with Crippen molar-refractivity contribution in [1.82, 2.24) is 10.3 Å². The summed E-state index contributed by atoms with van der Waals surface area (Å²) in [5.41, 5.74) is 4.07. The lowest BCUT2D eigenvalue weighted by Crippen LogP contribution is -2.50. The molecule has 0 atom stereocenters. The van der Waals surface area contributed by atoms with Gasteiger partial charge < -0.3 is 14.4 Å². The summed E-state index contributed by atoms with van der Waals surface area (Å²) in [6.07, 6.45) is 0.280. The largest absolute Gasteiger partial charge is 0.494 e. The topological polar surface area (TPSA) is 105 Å². The van der Waals surface area contributed by atoms with Gasteiger partial charge in [0.15, 0.2) is 6.61 Å². The number of nitrogens with zero attached hydrogens (tertiary/aromatic N) is 2. The van der Waals surface area contributed by atoms with Crippen LogP contribution in [0.2, 0.25) is 0 Å². The number of hydrazine groups is 1. The monoisotopic (exact) mass is 439 g/mol. The number of hydrogen-bond acceptors (Lipinski definition) is 6. The molecular formula is C23H25N3O6. The SMILES string of the molecule is CCOc1ccc(CN(C)C(=O)COC(=O)c2ccc(N3NC(=O)CCC3=O)cc2)cc1. The van der Waals surface area contributed by atoms with Crippen LogP contribution in [0.4, 0.5) is 5.69 Å². The van der Waals surface area contributed by atoms with Gasteiger partial charge in [-0.1, -0.05) is 12.1 Å². The number of nitrogens with one attached hydrogen (secondary N) is 1. The first kappa shape index (κ1) is 22.8. The van der Waals surface area contributed by atoms with Crippen molar-refractivity contribution in [2.75, 3.05) is 25.3 Å². The fourth-order valence-electron chi connectivity index (χ4n) is 3.07. The second-order valence-electron chi connectivity index (χ2n) is 7.21. The molecule has 32 heavy (non-hydrogen) atoms. The molecule has 0 radical (unpaired) electrons. The minimum absolute atomic E-state index is 0.127. The van der Waals surface area contributed by atoms with E-state index in [-0.39, 0.29) is 36.1 Å². The normalized spacial score (nSPS) is 13.4. The van der Waals surface area contributed by atoms with Crippen molar-refractivity contribution in [3.8, 4) is 5.75 Å². The molecule has 1 saturated heterocycles. The molecule has 1 fully saturated rings. The minimum atomic E-state index is -0.659. The summed E-state index contributed by atoms with van der Waals surface area (Å²) in [6.45, 7) is 2.46. The third-order valence-corrected chi connectivity index (χ3v) is 4.82. The van der Waals surface area contributed by atoms with Crippen molar-refractivity contribution in [2.45, 2.75) is 26.3 Å². The zero-order chi connectivity index (χ0) is 23.1. The van der Waals surface area contributed by atoms with Crippen LogP contribution in [-0.4, -0.2) is 48.9 Å². The number of ether oxygens (including phenoxy) is 2. The zero-order valence-electron chi connectivity index (χ0n) is 18.0. The fourth-order valence-corrected chi connectivity index (χ4v) is 3.07. The Labute approximate surface area is 185 Å². The van der Waals surface area contributed by atoms with E-state index in [4.69, 9.17) is 9.47 Å². The Morgan fingerprint density at radius 1 is 1.03 bits per heavy atom. The second-order valence-corrected chi connectivity index (χ2v) is 7.21. The highest BCUT2D eigenvalue weighted by Gasteiger charge is 2.24. The predicted molar refractivity (Wildman–Crippen MR) is 116 cm³/mol. The maximum atomic E-state index is 12.3. The number of anilines is 1. The molecule has 1 heterocycles. The van der Waals surface area contributed by atoms with Crippen LogP contribution in [0.5, 0.6) is 5.75 Å². The molecule has 0 saturated carbocycles. The smallest absolute Gasteiger partial charge is 0.338 e. The lowest BCUT2D eigenvalue weighted by Gasteiger charge is -2.27. The van der Waals surface area contributed by atoms with E-state index in [9.17, 15) is 19.2 Å². The van der Waals surface area contributed by atoms with Crippen molar-refractivity contribution in [3.63, 3.8) is 0 Å². The van der Waals surface area contributed by atoms with Crippen molar-refractivity contribution >= 4 is 29.4 Å². The molecule has 9 nitrogen and oxygen atoms in total. The van der Waals surface area contributed by atoms with Gasteiger partial charge in [0, 0.05) is 26.4 Å². The summed E-state index contributed by atoms with van der Waals surface area (Å²) >= 11 is 0. The molecule has 168 valence electrons. The van der Waals surface area contributed by atoms with Crippen molar-refractivity contribution in [3.05, 3.63) is 59.7 Å². The Morgan fingerprint density at radius 2 is 1.72 bits per heavy atom. The van der Waals surface area contributed by atoms with Crippen LogP contribution < -0.4 is 15.2 Å². The van der Waals surface area contributed by atoms with Crippen LogP contribution in [0.1, 0.15) is 35.7 Å². The molecule has 0 aromatic heterocycles. The fraction of sp³-hybridized carbons (Fsp3) is 0.304. The van der Waals surface area contributed by atoms with Crippen LogP contribution in [0, 0.1) is 0 Å². The van der Waals surface area contributed by atoms with Crippen LogP contribution >= 0.6 is 0 Å². The molecule has 0 aliphatic carbocycles. The Kier molecular flexibility index (Phi) is 7.43. The van der Waals surface area contributed by atoms with E-state index in [0.717, 1.165) is 16.3 Å². The Balaban J connectivity index is 1.50. The first-order valence-corrected chi connectivity index (χ1v) is 10.2. The van der Waals surface area contributed by atoms with Crippen LogP contribution in [0.3, 0.4) is 0 Å². The van der Waals surface area contributed by atoms with Crippen LogP contribution in [0.25, 0.3) is 0 Å². The molecule has 1 aliphatic heterocycles. The maximum absolute atomic E-state index is 12.3. The summed E-state index contributed by atoms with van der Waals surface area (Å²) < 4.78 is 10.5. The zero-order valence-corrected chi connectivity index (χ0v) is 18.0. The van der Waals surface area contributed by atoms with E-state index in [1.807, 2.05) is 31.2 Å². The van der Waals surface area contributed by atoms with Gasteiger partial charge in [0.25, 0.3) is 5.91 Å². The van der Waals surface area contributed by atoms with Crippen LogP contribution in [0.15, 0.2) is 48.5 Å². The van der Waals surface area contributed by atoms with E-state index in [2.05, 4.69) is 5.43 Å². The van der Waals surface area contributed by atoms with Gasteiger partial charge in [-0.15, -0.1) is 0 Å². The minimum Gasteiger partial charge on any atom is -0.494 e. The third kappa shape index (κ3) is 5.84. The molecular weight excluding hydrogens is 414 g/mol. The highest BCUT2D eigenvalue weighted by molar-refractivity contribution is 6.01. The van der Waals surface area contributed by atoms with Gasteiger partial charge in [-0.25, -0.2) is 9.80 Å². The number of amides is 3. The van der Waals surface area contributed by atoms with Gasteiger partial charge in [-0.2, -0.15) is 0 Å². The van der Waals surface area contributed by atoms with Gasteiger partial charge in [-0.05, 0) is 48.9 Å². The molecule has 0 unspecified atom stereocenters. The molecule has 3 rings (SSSR count). The first-order chi connectivity index (χ1) is 15.4. The number of likely N-dealkylation sites (N-methyl/N-ethyl adjacent to an activating group) is 1. The molecule has 0 spiro atoms. The molecule has 2 aromatic rings. The van der Waals surface area contributed by atoms with Gasteiger partial charge in [0.1, 0.15) is 5.75 Å². The first-order valence-electron chi connectivity index (χ1n) is 10.2. The van der Waals surface area contributed by atoms with Crippen molar-refractivity contribution in [1.29, 1.82) is 0 Å².